The second-order valence-corrected chi connectivity index (χ2v) is 5.25. The van der Waals surface area contributed by atoms with Crippen LogP contribution >= 0.6 is 0 Å². The molecule has 0 radical (unpaired) electrons. The molecule has 0 unspecified atom stereocenters. The van der Waals surface area contributed by atoms with Crippen LogP contribution in [-0.2, 0) is 10.3 Å². The first-order chi connectivity index (χ1) is 8.83. The van der Waals surface area contributed by atoms with Crippen molar-refractivity contribution in [1.29, 1.82) is 0 Å². The van der Waals surface area contributed by atoms with Gasteiger partial charge in [-0.05, 0) is 31.4 Å². The SMILES string of the molecule is CC(C)(CC(N)=O)n1c(N)cc2ccccc2c1=O. The molecular weight excluding hydrogens is 242 g/mol. The molecule has 1 amide bonds. The van der Waals surface area contributed by atoms with Crippen LogP contribution in [0, 0.1) is 0 Å². The lowest BCUT2D eigenvalue weighted by molar-refractivity contribution is -0.119. The summed E-state index contributed by atoms with van der Waals surface area (Å²) in [6.07, 6.45) is 0.0510. The van der Waals surface area contributed by atoms with Crippen LogP contribution in [0.15, 0.2) is 35.1 Å². The van der Waals surface area contributed by atoms with Crippen molar-refractivity contribution in [3.05, 3.63) is 40.7 Å². The number of hydrogen-bond donors (Lipinski definition) is 2. The van der Waals surface area contributed by atoms with Gasteiger partial charge in [0.25, 0.3) is 5.56 Å². The fraction of sp³-hybridized carbons (Fsp3) is 0.286. The number of anilines is 1. The zero-order chi connectivity index (χ0) is 14.2. The van der Waals surface area contributed by atoms with Gasteiger partial charge in [-0.25, -0.2) is 0 Å². The summed E-state index contributed by atoms with van der Waals surface area (Å²) in [4.78, 5) is 23.6. The van der Waals surface area contributed by atoms with Crippen molar-refractivity contribution >= 4 is 22.5 Å². The van der Waals surface area contributed by atoms with Gasteiger partial charge in [-0.3, -0.25) is 14.2 Å². The predicted molar refractivity (Wildman–Crippen MR) is 75.8 cm³/mol. The minimum absolute atomic E-state index is 0.0510. The Balaban J connectivity index is 2.74. The van der Waals surface area contributed by atoms with Crippen LogP contribution in [0.3, 0.4) is 0 Å². The number of benzene rings is 1. The summed E-state index contributed by atoms with van der Waals surface area (Å²) in [5, 5.41) is 1.37. The second kappa shape index (κ2) is 4.42. The van der Waals surface area contributed by atoms with Gasteiger partial charge in [0.1, 0.15) is 5.82 Å². The highest BCUT2D eigenvalue weighted by Crippen LogP contribution is 2.23. The van der Waals surface area contributed by atoms with Crippen molar-refractivity contribution in [1.82, 2.24) is 4.57 Å². The highest BCUT2D eigenvalue weighted by atomic mass is 16.1. The average molecular weight is 259 g/mol. The van der Waals surface area contributed by atoms with Gasteiger partial charge in [-0.1, -0.05) is 18.2 Å². The Bertz CT molecular complexity index is 701. The van der Waals surface area contributed by atoms with Gasteiger partial charge in [-0.15, -0.1) is 0 Å². The van der Waals surface area contributed by atoms with Crippen LogP contribution in [0.25, 0.3) is 10.8 Å². The molecule has 5 heteroatoms. The van der Waals surface area contributed by atoms with Crippen molar-refractivity contribution in [2.45, 2.75) is 25.8 Å². The molecule has 0 saturated heterocycles. The Hall–Kier alpha value is -2.30. The van der Waals surface area contributed by atoms with Crippen molar-refractivity contribution < 1.29 is 4.79 Å². The number of carbonyl (C=O) groups excluding carboxylic acids is 1. The third-order valence-corrected chi connectivity index (χ3v) is 3.17. The zero-order valence-corrected chi connectivity index (χ0v) is 11.0. The summed E-state index contributed by atoms with van der Waals surface area (Å²) in [6, 6.07) is 8.96. The van der Waals surface area contributed by atoms with E-state index < -0.39 is 11.4 Å². The topological polar surface area (TPSA) is 91.1 Å². The largest absolute Gasteiger partial charge is 0.385 e. The normalized spacial score (nSPS) is 11.7. The maximum Gasteiger partial charge on any atom is 0.260 e. The summed E-state index contributed by atoms with van der Waals surface area (Å²) < 4.78 is 1.43. The summed E-state index contributed by atoms with van der Waals surface area (Å²) in [6.45, 7) is 3.54. The first-order valence-corrected chi connectivity index (χ1v) is 6.02. The van der Waals surface area contributed by atoms with E-state index in [2.05, 4.69) is 0 Å². The Morgan fingerprint density at radius 3 is 2.58 bits per heavy atom. The van der Waals surface area contributed by atoms with E-state index in [9.17, 15) is 9.59 Å². The van der Waals surface area contributed by atoms with Crippen molar-refractivity contribution in [3.63, 3.8) is 0 Å². The molecule has 1 heterocycles. The highest BCUT2D eigenvalue weighted by Gasteiger charge is 2.26. The highest BCUT2D eigenvalue weighted by molar-refractivity contribution is 5.84. The fourth-order valence-corrected chi connectivity index (χ4v) is 2.41. The number of aromatic nitrogens is 1. The number of hydrogen-bond acceptors (Lipinski definition) is 3. The van der Waals surface area contributed by atoms with Crippen LogP contribution < -0.4 is 17.0 Å². The van der Waals surface area contributed by atoms with Crippen LogP contribution in [0.2, 0.25) is 0 Å². The van der Waals surface area contributed by atoms with Crippen LogP contribution in [0.5, 0.6) is 0 Å². The first kappa shape index (κ1) is 13.1. The number of pyridine rings is 1. The maximum absolute atomic E-state index is 12.5. The van der Waals surface area contributed by atoms with Gasteiger partial charge in [0.05, 0.1) is 5.54 Å². The Morgan fingerprint density at radius 2 is 1.95 bits per heavy atom. The van der Waals surface area contributed by atoms with E-state index in [4.69, 9.17) is 11.5 Å². The molecule has 100 valence electrons. The minimum atomic E-state index is -0.753. The zero-order valence-electron chi connectivity index (χ0n) is 11.0. The molecule has 2 aromatic rings. The Kier molecular flexibility index (Phi) is 3.06. The second-order valence-electron chi connectivity index (χ2n) is 5.25. The van der Waals surface area contributed by atoms with Gasteiger partial charge in [-0.2, -0.15) is 0 Å². The molecule has 0 fully saturated rings. The van der Waals surface area contributed by atoms with E-state index in [0.717, 1.165) is 5.39 Å². The fourth-order valence-electron chi connectivity index (χ4n) is 2.41. The summed E-state index contributed by atoms with van der Waals surface area (Å²) in [7, 11) is 0. The molecule has 0 aliphatic rings. The standard InChI is InChI=1S/C14H17N3O2/c1-14(2,8-12(16)18)17-11(15)7-9-5-3-4-6-10(9)13(17)19/h3-7H,8,15H2,1-2H3,(H2,16,18). The third-order valence-electron chi connectivity index (χ3n) is 3.17. The molecule has 19 heavy (non-hydrogen) atoms. The van der Waals surface area contributed by atoms with Crippen molar-refractivity contribution in [2.75, 3.05) is 5.73 Å². The van der Waals surface area contributed by atoms with Crippen LogP contribution in [-0.4, -0.2) is 10.5 Å². The average Bonchev–Trinajstić information content (AvgIpc) is 2.26. The smallest absolute Gasteiger partial charge is 0.260 e. The quantitative estimate of drug-likeness (QED) is 0.867. The molecule has 0 aliphatic heterocycles. The van der Waals surface area contributed by atoms with Gasteiger partial charge in [0, 0.05) is 11.8 Å². The molecule has 0 bridgehead atoms. The van der Waals surface area contributed by atoms with Crippen LogP contribution in [0.4, 0.5) is 5.82 Å². The van der Waals surface area contributed by atoms with Gasteiger partial charge >= 0.3 is 0 Å². The molecule has 0 saturated carbocycles. The molecule has 0 atom stereocenters. The number of fused-ring (bicyclic) bond motifs is 1. The molecule has 0 spiro atoms. The van der Waals surface area contributed by atoms with E-state index in [1.165, 1.54) is 4.57 Å². The van der Waals surface area contributed by atoms with Gasteiger partial charge < -0.3 is 11.5 Å². The number of nitrogen functional groups attached to an aromatic ring is 1. The Morgan fingerprint density at radius 1 is 1.32 bits per heavy atom. The minimum Gasteiger partial charge on any atom is -0.385 e. The summed E-state index contributed by atoms with van der Waals surface area (Å²) >= 11 is 0. The Labute approximate surface area is 110 Å². The lowest BCUT2D eigenvalue weighted by Gasteiger charge is -2.28. The van der Waals surface area contributed by atoms with E-state index in [-0.39, 0.29) is 12.0 Å². The third kappa shape index (κ3) is 2.31. The number of rotatable bonds is 3. The molecule has 1 aromatic carbocycles. The van der Waals surface area contributed by atoms with Gasteiger partial charge in [0.15, 0.2) is 0 Å². The molecular formula is C14H17N3O2. The van der Waals surface area contributed by atoms with E-state index >= 15 is 0 Å². The van der Waals surface area contributed by atoms with Crippen molar-refractivity contribution in [3.8, 4) is 0 Å². The summed E-state index contributed by atoms with van der Waals surface area (Å²) in [5.74, 6) is -0.139. The van der Waals surface area contributed by atoms with E-state index in [0.29, 0.717) is 11.2 Å². The number of amides is 1. The summed E-state index contributed by atoms with van der Waals surface area (Å²) in [5.41, 5.74) is 10.2. The molecule has 2 rings (SSSR count). The lowest BCUT2D eigenvalue weighted by Crippen LogP contribution is -2.40. The monoisotopic (exact) mass is 259 g/mol. The predicted octanol–water partition coefficient (Wildman–Crippen LogP) is 1.19. The van der Waals surface area contributed by atoms with E-state index in [1.807, 2.05) is 12.1 Å². The molecule has 5 nitrogen and oxygen atoms in total. The molecule has 0 aliphatic carbocycles. The van der Waals surface area contributed by atoms with E-state index in [1.54, 1.807) is 32.0 Å². The number of nitrogens with zero attached hydrogens (tertiary/aromatic N) is 1. The number of carbonyl (C=O) groups is 1. The number of nitrogens with two attached hydrogens (primary N) is 2. The molecule has 1 aromatic heterocycles. The van der Waals surface area contributed by atoms with Crippen LogP contribution in [0.1, 0.15) is 20.3 Å². The lowest BCUT2D eigenvalue weighted by atomic mass is 9.98. The van der Waals surface area contributed by atoms with Gasteiger partial charge in [0.2, 0.25) is 5.91 Å². The van der Waals surface area contributed by atoms with Crippen molar-refractivity contribution in [2.24, 2.45) is 5.73 Å². The molecule has 4 N–H and O–H groups in total. The first-order valence-electron chi connectivity index (χ1n) is 6.02. The number of primary amides is 1. The maximum atomic E-state index is 12.5.